The van der Waals surface area contributed by atoms with Gasteiger partial charge < -0.3 is 5.73 Å². The van der Waals surface area contributed by atoms with E-state index >= 15 is 0 Å². The number of rotatable bonds is 1. The molecule has 2 heteroatoms. The average molecular weight is 297 g/mol. The van der Waals surface area contributed by atoms with E-state index in [2.05, 4.69) is 52.9 Å². The van der Waals surface area contributed by atoms with Crippen molar-refractivity contribution in [3.63, 3.8) is 0 Å². The average Bonchev–Trinajstić information content (AvgIpc) is 2.15. The SMILES string of the molecule is C[C@](N)(I)c1cccc2ccccc12. The Morgan fingerprint density at radius 1 is 1.07 bits per heavy atom. The second kappa shape index (κ2) is 3.51. The number of benzene rings is 2. The Morgan fingerprint density at radius 2 is 1.71 bits per heavy atom. The van der Waals surface area contributed by atoms with E-state index < -0.39 is 0 Å². The highest BCUT2D eigenvalue weighted by atomic mass is 127. The maximum Gasteiger partial charge on any atom is 0.0912 e. The molecule has 0 unspecified atom stereocenters. The fourth-order valence-electron chi connectivity index (χ4n) is 1.65. The van der Waals surface area contributed by atoms with Gasteiger partial charge in [0, 0.05) is 0 Å². The van der Waals surface area contributed by atoms with Crippen molar-refractivity contribution in [1.29, 1.82) is 0 Å². The van der Waals surface area contributed by atoms with Crippen LogP contribution in [0.5, 0.6) is 0 Å². The largest absolute Gasteiger partial charge is 0.313 e. The number of nitrogens with two attached hydrogens (primary N) is 1. The highest BCUT2D eigenvalue weighted by molar-refractivity contribution is 14.1. The molecule has 2 aromatic carbocycles. The van der Waals surface area contributed by atoms with Gasteiger partial charge in [0.25, 0.3) is 0 Å². The second-order valence-electron chi connectivity index (χ2n) is 3.60. The van der Waals surface area contributed by atoms with Crippen molar-refractivity contribution in [1.82, 2.24) is 0 Å². The van der Waals surface area contributed by atoms with E-state index in [-0.39, 0.29) is 3.55 Å². The molecule has 0 amide bonds. The van der Waals surface area contributed by atoms with Crippen molar-refractivity contribution < 1.29 is 0 Å². The number of hydrogen-bond acceptors (Lipinski definition) is 1. The van der Waals surface area contributed by atoms with Crippen LogP contribution in [0.2, 0.25) is 0 Å². The Morgan fingerprint density at radius 3 is 2.43 bits per heavy atom. The number of alkyl halides is 1. The van der Waals surface area contributed by atoms with Crippen molar-refractivity contribution in [3.05, 3.63) is 48.0 Å². The molecule has 0 saturated carbocycles. The third-order valence-corrected chi connectivity index (χ3v) is 2.90. The summed E-state index contributed by atoms with van der Waals surface area (Å²) >= 11 is 2.27. The lowest BCUT2D eigenvalue weighted by atomic mass is 10.0. The fourth-order valence-corrected chi connectivity index (χ4v) is 2.12. The molecule has 2 N–H and O–H groups in total. The zero-order valence-electron chi connectivity index (χ0n) is 8.00. The van der Waals surface area contributed by atoms with Crippen molar-refractivity contribution in [2.45, 2.75) is 10.5 Å². The van der Waals surface area contributed by atoms with Crippen LogP contribution >= 0.6 is 22.6 Å². The summed E-state index contributed by atoms with van der Waals surface area (Å²) in [6, 6.07) is 14.6. The van der Waals surface area contributed by atoms with Crippen molar-refractivity contribution in [2.24, 2.45) is 5.73 Å². The first-order valence-electron chi connectivity index (χ1n) is 4.55. The molecular formula is C12H12IN. The van der Waals surface area contributed by atoms with Crippen LogP contribution in [0.4, 0.5) is 0 Å². The molecule has 0 aliphatic carbocycles. The van der Waals surface area contributed by atoms with Gasteiger partial charge >= 0.3 is 0 Å². The third-order valence-electron chi connectivity index (χ3n) is 2.32. The first-order valence-corrected chi connectivity index (χ1v) is 5.63. The van der Waals surface area contributed by atoms with Gasteiger partial charge in [0.15, 0.2) is 0 Å². The van der Waals surface area contributed by atoms with Gasteiger partial charge in [-0.15, -0.1) is 0 Å². The van der Waals surface area contributed by atoms with Crippen LogP contribution in [0, 0.1) is 0 Å². The van der Waals surface area contributed by atoms with E-state index in [4.69, 9.17) is 5.73 Å². The summed E-state index contributed by atoms with van der Waals surface area (Å²) < 4.78 is -0.307. The zero-order chi connectivity index (χ0) is 10.2. The van der Waals surface area contributed by atoms with E-state index in [9.17, 15) is 0 Å². The number of fused-ring (bicyclic) bond motifs is 1. The zero-order valence-corrected chi connectivity index (χ0v) is 10.2. The smallest absolute Gasteiger partial charge is 0.0912 e. The standard InChI is InChI=1S/C12H12IN/c1-12(13,14)11-8-4-6-9-5-2-3-7-10(9)11/h2-8H,14H2,1H3/t12-/m1/s1. The Labute approximate surface area is 97.4 Å². The molecule has 0 saturated heterocycles. The van der Waals surface area contributed by atoms with Crippen LogP contribution < -0.4 is 5.73 Å². The van der Waals surface area contributed by atoms with Gasteiger partial charge in [0.1, 0.15) is 0 Å². The van der Waals surface area contributed by atoms with Crippen LogP contribution in [0.25, 0.3) is 10.8 Å². The topological polar surface area (TPSA) is 26.0 Å². The summed E-state index contributed by atoms with van der Waals surface area (Å²) in [6.45, 7) is 2.02. The summed E-state index contributed by atoms with van der Waals surface area (Å²) in [5, 5.41) is 2.49. The van der Waals surface area contributed by atoms with Gasteiger partial charge in [0.05, 0.1) is 3.55 Å². The monoisotopic (exact) mass is 297 g/mol. The van der Waals surface area contributed by atoms with Gasteiger partial charge in [-0.05, 0) is 23.3 Å². The maximum absolute atomic E-state index is 6.11. The summed E-state index contributed by atoms with van der Waals surface area (Å²) in [5.41, 5.74) is 7.30. The minimum atomic E-state index is -0.307. The van der Waals surface area contributed by atoms with Crippen molar-refractivity contribution in [3.8, 4) is 0 Å². The Kier molecular flexibility index (Phi) is 2.49. The van der Waals surface area contributed by atoms with Crippen molar-refractivity contribution in [2.75, 3.05) is 0 Å². The second-order valence-corrected chi connectivity index (χ2v) is 5.84. The van der Waals surface area contributed by atoms with E-state index in [1.807, 2.05) is 19.1 Å². The molecule has 2 rings (SSSR count). The molecule has 0 aliphatic rings. The molecule has 72 valence electrons. The van der Waals surface area contributed by atoms with Gasteiger partial charge in [-0.2, -0.15) is 0 Å². The first kappa shape index (κ1) is 9.93. The van der Waals surface area contributed by atoms with Crippen LogP contribution in [-0.2, 0) is 3.55 Å². The molecule has 1 atom stereocenters. The van der Waals surface area contributed by atoms with Gasteiger partial charge in [-0.25, -0.2) is 0 Å². The van der Waals surface area contributed by atoms with Crippen LogP contribution in [0.3, 0.4) is 0 Å². The summed E-state index contributed by atoms with van der Waals surface area (Å²) in [7, 11) is 0. The van der Waals surface area contributed by atoms with E-state index in [0.717, 1.165) is 0 Å². The molecule has 14 heavy (non-hydrogen) atoms. The molecule has 0 aliphatic heterocycles. The summed E-state index contributed by atoms with van der Waals surface area (Å²) in [5.74, 6) is 0. The molecule has 2 aromatic rings. The molecule has 0 bridgehead atoms. The lowest BCUT2D eigenvalue weighted by Crippen LogP contribution is -2.24. The molecule has 0 radical (unpaired) electrons. The van der Waals surface area contributed by atoms with Crippen LogP contribution in [0.15, 0.2) is 42.5 Å². The highest BCUT2D eigenvalue weighted by Crippen LogP contribution is 2.31. The predicted molar refractivity (Wildman–Crippen MR) is 69.5 cm³/mol. The Bertz CT molecular complexity index is 452. The number of hydrogen-bond donors (Lipinski definition) is 1. The molecule has 0 aromatic heterocycles. The molecule has 0 spiro atoms. The quantitative estimate of drug-likeness (QED) is 0.487. The molecule has 1 nitrogen and oxygen atoms in total. The van der Waals surface area contributed by atoms with Gasteiger partial charge in [-0.1, -0.05) is 65.1 Å². The maximum atomic E-state index is 6.11. The third kappa shape index (κ3) is 1.77. The molecular weight excluding hydrogens is 285 g/mol. The minimum Gasteiger partial charge on any atom is -0.313 e. The van der Waals surface area contributed by atoms with E-state index in [0.29, 0.717) is 0 Å². The highest BCUT2D eigenvalue weighted by Gasteiger charge is 2.18. The Hall–Kier alpha value is -0.610. The molecule has 0 fully saturated rings. The molecule has 0 heterocycles. The van der Waals surface area contributed by atoms with E-state index in [1.165, 1.54) is 16.3 Å². The predicted octanol–water partition coefficient (Wildman–Crippen LogP) is 3.41. The first-order chi connectivity index (χ1) is 6.59. The lowest BCUT2D eigenvalue weighted by Gasteiger charge is -2.19. The minimum absolute atomic E-state index is 0.307. The Balaban J connectivity index is 2.78. The summed E-state index contributed by atoms with van der Waals surface area (Å²) in [4.78, 5) is 0. The van der Waals surface area contributed by atoms with Gasteiger partial charge in [-0.3, -0.25) is 0 Å². The van der Waals surface area contributed by atoms with Gasteiger partial charge in [0.2, 0.25) is 0 Å². The normalized spacial score (nSPS) is 15.4. The van der Waals surface area contributed by atoms with Crippen LogP contribution in [0.1, 0.15) is 12.5 Å². The number of halogens is 1. The summed E-state index contributed by atoms with van der Waals surface area (Å²) in [6.07, 6.45) is 0. The van der Waals surface area contributed by atoms with E-state index in [1.54, 1.807) is 0 Å². The lowest BCUT2D eigenvalue weighted by molar-refractivity contribution is 0.788. The van der Waals surface area contributed by atoms with Crippen molar-refractivity contribution >= 4 is 33.4 Å². The fraction of sp³-hybridized carbons (Fsp3) is 0.167. The van der Waals surface area contributed by atoms with Crippen LogP contribution in [-0.4, -0.2) is 0 Å².